The second-order valence-electron chi connectivity index (χ2n) is 0.448. The predicted molar refractivity (Wildman–Crippen MR) is 29.3 cm³/mol. The molecule has 0 aromatic heterocycles. The maximum absolute atomic E-state index is 9.11. The van der Waals surface area contributed by atoms with Crippen LogP contribution in [0.5, 0.6) is 0 Å². The molecule has 0 saturated heterocycles. The summed E-state index contributed by atoms with van der Waals surface area (Å²) in [7, 11) is -3.83. The number of hydrogen-bond donors (Lipinski definition) is 2. The predicted octanol–water partition coefficient (Wildman–Crippen LogP) is -1.24. The van der Waals surface area contributed by atoms with Crippen molar-refractivity contribution in [1.82, 2.24) is 0 Å². The molecule has 0 saturated carbocycles. The fraction of sp³-hybridized carbons (Fsp3) is 0. The van der Waals surface area contributed by atoms with Crippen LogP contribution >= 0.6 is 0 Å². The van der Waals surface area contributed by atoms with E-state index in [1.165, 1.54) is 0 Å². The standard InChI is InChI=1S/Au.Ca.H2O3S2.2H/c;;1-5(2,3)4;;/h;;(H2,1,2,3,4);;. The summed E-state index contributed by atoms with van der Waals surface area (Å²) in [6, 6.07) is 0. The zero-order chi connectivity index (χ0) is 4.50. The summed E-state index contributed by atoms with van der Waals surface area (Å²) < 4.78 is 24.0. The average Bonchev–Trinajstić information content (AvgIpc) is 0.722. The number of rotatable bonds is 0. The van der Waals surface area contributed by atoms with E-state index < -0.39 is 9.05 Å². The van der Waals surface area contributed by atoms with Crippen molar-refractivity contribution in [2.45, 2.75) is 0 Å². The molecule has 0 unspecified atom stereocenters. The quantitative estimate of drug-likeness (QED) is 0.535. The van der Waals surface area contributed by atoms with Gasteiger partial charge in [-0.05, 0) is 0 Å². The van der Waals surface area contributed by atoms with Gasteiger partial charge in [0.1, 0.15) is 0 Å². The minimum atomic E-state index is -3.83. The first-order valence-corrected chi connectivity index (χ1v) is 3.10. The van der Waals surface area contributed by atoms with Crippen molar-refractivity contribution in [3.8, 4) is 0 Å². The number of hydrogen-bond acceptors (Lipinski definition) is 2. The van der Waals surface area contributed by atoms with Crippen molar-refractivity contribution >= 4 is 58.0 Å². The molecule has 0 aromatic rings. The van der Waals surface area contributed by atoms with Crippen LogP contribution in [-0.4, -0.2) is 51.1 Å². The third kappa shape index (κ3) is 62.5. The summed E-state index contributed by atoms with van der Waals surface area (Å²) in [6.07, 6.45) is 0. The van der Waals surface area contributed by atoms with Crippen molar-refractivity contribution in [3.05, 3.63) is 0 Å². The zero-order valence-corrected chi connectivity index (χ0v) is 6.22. The van der Waals surface area contributed by atoms with E-state index in [1.54, 1.807) is 0 Å². The summed E-state index contributed by atoms with van der Waals surface area (Å²) in [5.41, 5.74) is 0. The fourth-order valence-electron chi connectivity index (χ4n) is 0. The molecule has 0 atom stereocenters. The van der Waals surface area contributed by atoms with Gasteiger partial charge in [0, 0.05) is 33.6 Å². The molecular formula is H4AuCaO3S2. The molecule has 47 valence electrons. The second kappa shape index (κ2) is 6.41. The van der Waals surface area contributed by atoms with E-state index in [0.717, 1.165) is 0 Å². The van der Waals surface area contributed by atoms with Gasteiger partial charge in [-0.2, -0.15) is 4.21 Å². The van der Waals surface area contributed by atoms with Gasteiger partial charge in [0.25, 0.3) is 9.05 Å². The van der Waals surface area contributed by atoms with Crippen molar-refractivity contribution in [2.75, 3.05) is 0 Å². The molecule has 0 spiro atoms. The molecule has 2 N–H and O–H groups in total. The monoisotopic (exact) mass is 353 g/mol. The Morgan fingerprint density at radius 2 is 1.43 bits per heavy atom. The molecule has 0 aliphatic heterocycles. The SMILES string of the molecule is O=S(O)(O)=S.[Au].[CaH2]. The normalized spacial score (nSPS) is 8.29. The van der Waals surface area contributed by atoms with Crippen molar-refractivity contribution in [2.24, 2.45) is 0 Å². The molecule has 1 radical (unpaired) electrons. The maximum atomic E-state index is 9.11. The van der Waals surface area contributed by atoms with Gasteiger partial charge in [0.15, 0.2) is 0 Å². The third-order valence-corrected chi connectivity index (χ3v) is 0. The van der Waals surface area contributed by atoms with Gasteiger partial charge in [-0.3, -0.25) is 9.11 Å². The molecule has 0 rings (SSSR count). The average molecular weight is 353 g/mol. The van der Waals surface area contributed by atoms with Gasteiger partial charge in [-0.25, -0.2) is 0 Å². The Kier molecular flexibility index (Phi) is 14.8. The van der Waals surface area contributed by atoms with E-state index in [4.69, 9.17) is 13.3 Å². The third-order valence-electron chi connectivity index (χ3n) is 0. The summed E-state index contributed by atoms with van der Waals surface area (Å²) in [5, 5.41) is 0. The topological polar surface area (TPSA) is 57.5 Å². The van der Waals surface area contributed by atoms with Gasteiger partial charge < -0.3 is 0 Å². The summed E-state index contributed by atoms with van der Waals surface area (Å²) in [4.78, 5) is 0. The van der Waals surface area contributed by atoms with Gasteiger partial charge in [-0.15, -0.1) is 0 Å². The minimum absolute atomic E-state index is 0. The van der Waals surface area contributed by atoms with Crippen LogP contribution < -0.4 is 0 Å². The Morgan fingerprint density at radius 1 is 1.43 bits per heavy atom. The van der Waals surface area contributed by atoms with Crippen LogP contribution in [0.1, 0.15) is 0 Å². The first kappa shape index (κ1) is 16.1. The molecule has 0 fully saturated rings. The second-order valence-corrected chi connectivity index (χ2v) is 2.65. The molecule has 0 aromatic carbocycles. The van der Waals surface area contributed by atoms with E-state index >= 15 is 0 Å². The van der Waals surface area contributed by atoms with Crippen LogP contribution in [0, 0.1) is 0 Å². The molecular weight excluding hydrogens is 349 g/mol. The summed E-state index contributed by atoms with van der Waals surface area (Å²) in [5.74, 6) is 0. The van der Waals surface area contributed by atoms with Gasteiger partial charge in [-0.1, -0.05) is 0 Å². The van der Waals surface area contributed by atoms with Crippen LogP contribution in [0.3, 0.4) is 0 Å². The van der Waals surface area contributed by atoms with Crippen LogP contribution in [0.15, 0.2) is 0 Å². The molecule has 0 heterocycles. The molecule has 7 heavy (non-hydrogen) atoms. The fourth-order valence-corrected chi connectivity index (χ4v) is 0. The first-order valence-electron chi connectivity index (χ1n) is 0.698. The molecule has 0 aliphatic rings. The Morgan fingerprint density at radius 3 is 1.43 bits per heavy atom. The zero-order valence-electron chi connectivity index (χ0n) is 2.42. The Labute approximate surface area is 92.1 Å². The molecule has 7 heteroatoms. The molecule has 0 bridgehead atoms. The summed E-state index contributed by atoms with van der Waals surface area (Å²) >= 11 is 3.47. The van der Waals surface area contributed by atoms with Gasteiger partial charge in [0.2, 0.25) is 0 Å². The van der Waals surface area contributed by atoms with Crippen LogP contribution in [0.25, 0.3) is 0 Å². The van der Waals surface area contributed by atoms with E-state index in [-0.39, 0.29) is 60.1 Å². The first-order chi connectivity index (χ1) is 2.00. The molecule has 0 aliphatic carbocycles. The van der Waals surface area contributed by atoms with Gasteiger partial charge >= 0.3 is 37.7 Å². The van der Waals surface area contributed by atoms with Crippen LogP contribution in [-0.2, 0) is 42.6 Å². The van der Waals surface area contributed by atoms with Crippen molar-refractivity contribution in [3.63, 3.8) is 0 Å². The van der Waals surface area contributed by atoms with Crippen molar-refractivity contribution < 1.29 is 35.7 Å². The van der Waals surface area contributed by atoms with Crippen LogP contribution in [0.4, 0.5) is 0 Å². The molecule has 0 amide bonds. The Bertz CT molecular complexity index is 96.1. The van der Waals surface area contributed by atoms with Crippen molar-refractivity contribution in [1.29, 1.82) is 0 Å². The van der Waals surface area contributed by atoms with E-state index in [9.17, 15) is 0 Å². The van der Waals surface area contributed by atoms with Gasteiger partial charge in [0.05, 0.1) is 0 Å². The molecule has 3 nitrogen and oxygen atoms in total. The van der Waals surface area contributed by atoms with E-state index in [0.29, 0.717) is 0 Å². The van der Waals surface area contributed by atoms with E-state index in [2.05, 4.69) is 11.2 Å². The summed E-state index contributed by atoms with van der Waals surface area (Å²) in [6.45, 7) is 0. The van der Waals surface area contributed by atoms with E-state index in [1.807, 2.05) is 0 Å². The Hall–Kier alpha value is 2.29. The Balaban J connectivity index is -0.0000000800. The van der Waals surface area contributed by atoms with Crippen LogP contribution in [0.2, 0.25) is 0 Å².